The van der Waals surface area contributed by atoms with Crippen molar-refractivity contribution in [3.05, 3.63) is 60.0 Å². The third-order valence-corrected chi connectivity index (χ3v) is 5.41. The molecule has 0 atom stereocenters. The molecule has 2 N–H and O–H groups in total. The van der Waals surface area contributed by atoms with E-state index in [0.717, 1.165) is 37.3 Å². The quantitative estimate of drug-likeness (QED) is 0.611. The highest BCUT2D eigenvalue weighted by Crippen LogP contribution is 2.32. The number of fused-ring (bicyclic) bond motifs is 1. The first-order chi connectivity index (χ1) is 14.0. The summed E-state index contributed by atoms with van der Waals surface area (Å²) in [5, 5.41) is 5.84. The molecule has 2 aliphatic heterocycles. The molecule has 2 aliphatic rings. The first-order valence-electron chi connectivity index (χ1n) is 9.56. The molecule has 0 bridgehead atoms. The molecule has 0 unspecified atom stereocenters. The lowest BCUT2D eigenvalue weighted by atomic mass is 9.96. The number of carbonyl (C=O) groups is 2. The predicted octanol–water partition coefficient (Wildman–Crippen LogP) is 3.62. The third kappa shape index (κ3) is 3.94. The Hall–Kier alpha value is -3.35. The number of ether oxygens (including phenoxy) is 1. The standard InChI is InChI=1S/C22H22FN3O3/c1-29-22(28)14-8-10-26(11-9-14)17-5-3-16(4-6-17)24-13-19-18-12-15(23)2-7-20(18)25-21(19)27/h2-7,12-14,24H,8-11H2,1H3,(H,25,27). The summed E-state index contributed by atoms with van der Waals surface area (Å²) in [7, 11) is 1.43. The lowest BCUT2D eigenvalue weighted by molar-refractivity contribution is -0.146. The summed E-state index contributed by atoms with van der Waals surface area (Å²) in [5.74, 6) is -0.793. The number of nitrogens with one attached hydrogen (secondary N) is 2. The Kier molecular flexibility index (Phi) is 5.20. The number of anilines is 3. The van der Waals surface area contributed by atoms with E-state index in [0.29, 0.717) is 16.8 Å². The molecule has 0 aromatic heterocycles. The summed E-state index contributed by atoms with van der Waals surface area (Å²) in [5.41, 5.74) is 3.46. The smallest absolute Gasteiger partial charge is 0.308 e. The van der Waals surface area contributed by atoms with Crippen LogP contribution in [0.4, 0.5) is 21.5 Å². The van der Waals surface area contributed by atoms with Crippen molar-refractivity contribution in [1.82, 2.24) is 0 Å². The van der Waals surface area contributed by atoms with Crippen LogP contribution in [-0.2, 0) is 14.3 Å². The number of esters is 1. The largest absolute Gasteiger partial charge is 0.469 e. The Morgan fingerprint density at radius 2 is 1.93 bits per heavy atom. The van der Waals surface area contributed by atoms with Crippen molar-refractivity contribution in [1.29, 1.82) is 0 Å². The Labute approximate surface area is 168 Å². The van der Waals surface area contributed by atoms with E-state index >= 15 is 0 Å². The van der Waals surface area contributed by atoms with Crippen molar-refractivity contribution in [3.63, 3.8) is 0 Å². The highest BCUT2D eigenvalue weighted by molar-refractivity contribution is 6.31. The van der Waals surface area contributed by atoms with Crippen LogP contribution in [0, 0.1) is 11.7 Å². The average molecular weight is 395 g/mol. The van der Waals surface area contributed by atoms with E-state index in [1.807, 2.05) is 24.3 Å². The van der Waals surface area contributed by atoms with Crippen LogP contribution in [0.1, 0.15) is 18.4 Å². The second-order valence-electron chi connectivity index (χ2n) is 7.18. The predicted molar refractivity (Wildman–Crippen MR) is 110 cm³/mol. The Balaban J connectivity index is 1.41. The number of hydrogen-bond acceptors (Lipinski definition) is 5. The van der Waals surface area contributed by atoms with Crippen LogP contribution in [0.5, 0.6) is 0 Å². The van der Waals surface area contributed by atoms with Crippen LogP contribution < -0.4 is 15.5 Å². The minimum absolute atomic E-state index is 0.0194. The summed E-state index contributed by atoms with van der Waals surface area (Å²) < 4.78 is 18.3. The van der Waals surface area contributed by atoms with Crippen molar-refractivity contribution >= 4 is 34.5 Å². The molecular formula is C22H22FN3O3. The summed E-state index contributed by atoms with van der Waals surface area (Å²) in [6.07, 6.45) is 3.16. The van der Waals surface area contributed by atoms with Gasteiger partial charge >= 0.3 is 5.97 Å². The zero-order valence-corrected chi connectivity index (χ0v) is 16.1. The van der Waals surface area contributed by atoms with Crippen molar-refractivity contribution in [2.45, 2.75) is 12.8 Å². The molecule has 0 saturated carbocycles. The highest BCUT2D eigenvalue weighted by Gasteiger charge is 2.26. The monoisotopic (exact) mass is 395 g/mol. The Morgan fingerprint density at radius 1 is 1.21 bits per heavy atom. The van der Waals surface area contributed by atoms with Crippen LogP contribution >= 0.6 is 0 Å². The van der Waals surface area contributed by atoms with Gasteiger partial charge in [0.25, 0.3) is 5.91 Å². The van der Waals surface area contributed by atoms with E-state index in [1.165, 1.54) is 19.2 Å². The molecule has 7 heteroatoms. The molecule has 1 amide bonds. The summed E-state index contributed by atoms with van der Waals surface area (Å²) >= 11 is 0. The van der Waals surface area contributed by atoms with Gasteiger partial charge in [0.05, 0.1) is 18.6 Å². The van der Waals surface area contributed by atoms with Crippen molar-refractivity contribution in [2.24, 2.45) is 5.92 Å². The number of methoxy groups -OCH3 is 1. The first kappa shape index (κ1) is 19.0. The van der Waals surface area contributed by atoms with Gasteiger partial charge in [0.15, 0.2) is 0 Å². The van der Waals surface area contributed by atoms with Crippen LogP contribution in [-0.4, -0.2) is 32.1 Å². The lowest BCUT2D eigenvalue weighted by Gasteiger charge is -2.32. The van der Waals surface area contributed by atoms with E-state index in [-0.39, 0.29) is 23.6 Å². The average Bonchev–Trinajstić information content (AvgIpc) is 3.06. The molecule has 2 aromatic carbocycles. The molecule has 1 saturated heterocycles. The van der Waals surface area contributed by atoms with Crippen molar-refractivity contribution in [3.8, 4) is 0 Å². The zero-order chi connectivity index (χ0) is 20.4. The second-order valence-corrected chi connectivity index (χ2v) is 7.18. The maximum Gasteiger partial charge on any atom is 0.308 e. The molecule has 0 spiro atoms. The van der Waals surface area contributed by atoms with E-state index in [1.54, 1.807) is 12.3 Å². The molecule has 29 heavy (non-hydrogen) atoms. The van der Waals surface area contributed by atoms with Crippen LogP contribution in [0.2, 0.25) is 0 Å². The number of halogens is 1. The highest BCUT2D eigenvalue weighted by atomic mass is 19.1. The van der Waals surface area contributed by atoms with Crippen molar-refractivity contribution < 1.29 is 18.7 Å². The minimum Gasteiger partial charge on any atom is -0.469 e. The molecular weight excluding hydrogens is 373 g/mol. The molecule has 1 fully saturated rings. The van der Waals surface area contributed by atoms with Gasteiger partial charge in [0.1, 0.15) is 5.82 Å². The minimum atomic E-state index is -0.383. The zero-order valence-electron chi connectivity index (χ0n) is 16.1. The number of hydrogen-bond donors (Lipinski definition) is 2. The van der Waals surface area contributed by atoms with E-state index < -0.39 is 0 Å². The molecule has 4 rings (SSSR count). The number of carbonyl (C=O) groups excluding carboxylic acids is 2. The summed E-state index contributed by atoms with van der Waals surface area (Å²) in [4.78, 5) is 26.0. The molecule has 2 heterocycles. The second kappa shape index (κ2) is 7.95. The van der Waals surface area contributed by atoms with Crippen LogP contribution in [0.3, 0.4) is 0 Å². The van der Waals surface area contributed by atoms with E-state index in [2.05, 4.69) is 15.5 Å². The van der Waals surface area contributed by atoms with Crippen molar-refractivity contribution in [2.75, 3.05) is 35.7 Å². The summed E-state index contributed by atoms with van der Waals surface area (Å²) in [6.45, 7) is 1.61. The molecule has 2 aromatic rings. The van der Waals surface area contributed by atoms with Gasteiger partial charge in [-0.3, -0.25) is 9.59 Å². The molecule has 0 radical (unpaired) electrons. The topological polar surface area (TPSA) is 70.7 Å². The Morgan fingerprint density at radius 3 is 2.62 bits per heavy atom. The van der Waals surface area contributed by atoms with Gasteiger partial charge in [0, 0.05) is 41.9 Å². The fraction of sp³-hybridized carbons (Fsp3) is 0.273. The fourth-order valence-corrected chi connectivity index (χ4v) is 3.77. The van der Waals surface area contributed by atoms with E-state index in [9.17, 15) is 14.0 Å². The van der Waals surface area contributed by atoms with Gasteiger partial charge in [-0.25, -0.2) is 4.39 Å². The normalized spacial score (nSPS) is 17.8. The van der Waals surface area contributed by atoms with Crippen LogP contribution in [0.25, 0.3) is 5.57 Å². The number of amides is 1. The van der Waals surface area contributed by atoms with Crippen LogP contribution in [0.15, 0.2) is 48.7 Å². The van der Waals surface area contributed by atoms with Gasteiger partial charge in [0.2, 0.25) is 0 Å². The first-order valence-corrected chi connectivity index (χ1v) is 9.56. The number of rotatable bonds is 4. The maximum atomic E-state index is 13.5. The maximum absolute atomic E-state index is 13.5. The van der Waals surface area contributed by atoms with Gasteiger partial charge < -0.3 is 20.3 Å². The third-order valence-electron chi connectivity index (χ3n) is 5.41. The SMILES string of the molecule is COC(=O)C1CCN(c2ccc(NC=C3C(=O)Nc4ccc(F)cc43)cc2)CC1. The lowest BCUT2D eigenvalue weighted by Crippen LogP contribution is -2.36. The summed E-state index contributed by atoms with van der Waals surface area (Å²) in [6, 6.07) is 12.1. The number of benzene rings is 2. The number of nitrogens with zero attached hydrogens (tertiary/aromatic N) is 1. The Bertz CT molecular complexity index is 964. The van der Waals surface area contributed by atoms with E-state index in [4.69, 9.17) is 4.74 Å². The van der Waals surface area contributed by atoms with Gasteiger partial charge in [-0.1, -0.05) is 0 Å². The van der Waals surface area contributed by atoms with Gasteiger partial charge in [-0.05, 0) is 55.3 Å². The molecule has 150 valence electrons. The van der Waals surface area contributed by atoms with Gasteiger partial charge in [-0.2, -0.15) is 0 Å². The molecule has 0 aliphatic carbocycles. The molecule has 6 nitrogen and oxygen atoms in total. The number of piperidine rings is 1. The van der Waals surface area contributed by atoms with Gasteiger partial charge in [-0.15, -0.1) is 0 Å². The fourth-order valence-electron chi connectivity index (χ4n) is 3.77.